The van der Waals surface area contributed by atoms with Crippen LogP contribution in [0.15, 0.2) is 23.3 Å². The number of carbonyl (C=O) groups excluding carboxylic acids is 1. The lowest BCUT2D eigenvalue weighted by Gasteiger charge is -2.23. The Morgan fingerprint density at radius 2 is 1.76 bits per heavy atom. The molecule has 0 aromatic heterocycles. The maximum Gasteiger partial charge on any atom is 0.419 e. The number of benzene rings is 1. The number of halogens is 2. The molecule has 0 unspecified atom stereocenters. The van der Waals surface area contributed by atoms with E-state index in [1.807, 2.05) is 0 Å². The van der Waals surface area contributed by atoms with Crippen LogP contribution in [0.4, 0.5) is 14.9 Å². The summed E-state index contributed by atoms with van der Waals surface area (Å²) in [4.78, 5) is 35.8. The number of carboxylic acids is 1. The second-order valence-electron chi connectivity index (χ2n) is 5.33. The van der Waals surface area contributed by atoms with Gasteiger partial charge in [-0.05, 0) is 31.7 Å². The van der Waals surface area contributed by atoms with E-state index in [1.54, 1.807) is 0 Å². The molecular formula is C16H15ClFNO6. The maximum atomic E-state index is 14.2. The van der Waals surface area contributed by atoms with Gasteiger partial charge in [0.2, 0.25) is 0 Å². The summed E-state index contributed by atoms with van der Waals surface area (Å²) in [5.41, 5.74) is -0.875. The van der Waals surface area contributed by atoms with Crippen molar-refractivity contribution in [1.82, 2.24) is 0 Å². The van der Waals surface area contributed by atoms with Crippen molar-refractivity contribution >= 4 is 35.3 Å². The zero-order valence-electron chi connectivity index (χ0n) is 13.2. The second-order valence-corrected chi connectivity index (χ2v) is 5.74. The van der Waals surface area contributed by atoms with Gasteiger partial charge in [-0.2, -0.15) is 0 Å². The van der Waals surface area contributed by atoms with E-state index in [2.05, 4.69) is 0 Å². The smallest absolute Gasteiger partial charge is 0.419 e. The minimum absolute atomic E-state index is 0.0202. The molecule has 0 radical (unpaired) electrons. The van der Waals surface area contributed by atoms with Crippen molar-refractivity contribution in [1.29, 1.82) is 0 Å². The molecule has 0 aliphatic heterocycles. The van der Waals surface area contributed by atoms with Gasteiger partial charge < -0.3 is 14.9 Å². The fourth-order valence-electron chi connectivity index (χ4n) is 2.66. The number of aliphatic carboxylic acids is 1. The van der Waals surface area contributed by atoms with Gasteiger partial charge in [0.1, 0.15) is 11.6 Å². The van der Waals surface area contributed by atoms with Crippen LogP contribution < -0.4 is 9.64 Å². The first-order chi connectivity index (χ1) is 11.8. The maximum absolute atomic E-state index is 14.2. The first kappa shape index (κ1) is 18.7. The SMILES string of the molecule is COc1cc(N(C(=O)O)C(=O)C2=C(C(=O)O)CCCC2)c(F)cc1Cl. The normalized spacial score (nSPS) is 14.2. The van der Waals surface area contributed by atoms with Crippen molar-refractivity contribution in [2.24, 2.45) is 0 Å². The predicted molar refractivity (Wildman–Crippen MR) is 86.6 cm³/mol. The molecule has 2 amide bonds. The number of hydrogen-bond acceptors (Lipinski definition) is 4. The molecule has 0 fully saturated rings. The zero-order chi connectivity index (χ0) is 18.7. The Hall–Kier alpha value is -2.61. The first-order valence-corrected chi connectivity index (χ1v) is 7.71. The van der Waals surface area contributed by atoms with Crippen LogP contribution in [-0.2, 0) is 9.59 Å². The molecule has 0 saturated heterocycles. The van der Waals surface area contributed by atoms with Crippen LogP contribution in [0.1, 0.15) is 25.7 Å². The molecule has 2 N–H and O–H groups in total. The molecule has 0 atom stereocenters. The van der Waals surface area contributed by atoms with E-state index in [4.69, 9.17) is 16.3 Å². The van der Waals surface area contributed by atoms with Crippen molar-refractivity contribution in [3.05, 3.63) is 34.1 Å². The molecule has 1 aliphatic carbocycles. The van der Waals surface area contributed by atoms with Gasteiger partial charge in [-0.15, -0.1) is 0 Å². The Morgan fingerprint density at radius 3 is 2.28 bits per heavy atom. The van der Waals surface area contributed by atoms with Crippen molar-refractivity contribution in [3.8, 4) is 5.75 Å². The molecule has 25 heavy (non-hydrogen) atoms. The van der Waals surface area contributed by atoms with E-state index in [-0.39, 0.29) is 39.7 Å². The molecule has 2 rings (SSSR count). The minimum Gasteiger partial charge on any atom is -0.495 e. The van der Waals surface area contributed by atoms with E-state index in [9.17, 15) is 29.0 Å². The number of methoxy groups -OCH3 is 1. The summed E-state index contributed by atoms with van der Waals surface area (Å²) < 4.78 is 19.2. The summed E-state index contributed by atoms with van der Waals surface area (Å²) >= 11 is 5.78. The highest BCUT2D eigenvalue weighted by Gasteiger charge is 2.33. The lowest BCUT2D eigenvalue weighted by atomic mass is 9.90. The molecule has 1 aromatic carbocycles. The van der Waals surface area contributed by atoms with Gasteiger partial charge in [0.05, 0.1) is 17.8 Å². The Bertz CT molecular complexity index is 776. The third kappa shape index (κ3) is 3.74. The zero-order valence-corrected chi connectivity index (χ0v) is 14.0. The molecule has 1 aromatic rings. The number of nitrogens with zero attached hydrogens (tertiary/aromatic N) is 1. The number of ether oxygens (including phenoxy) is 1. The summed E-state index contributed by atoms with van der Waals surface area (Å²) in [5.74, 6) is -3.45. The van der Waals surface area contributed by atoms with Gasteiger partial charge in [0.15, 0.2) is 0 Å². The average molecular weight is 372 g/mol. The Kier molecular flexibility index (Phi) is 5.63. The van der Waals surface area contributed by atoms with Gasteiger partial charge in [0.25, 0.3) is 5.91 Å². The highest BCUT2D eigenvalue weighted by molar-refractivity contribution is 6.32. The predicted octanol–water partition coefficient (Wildman–Crippen LogP) is 3.45. The largest absolute Gasteiger partial charge is 0.495 e. The number of amides is 2. The lowest BCUT2D eigenvalue weighted by molar-refractivity contribution is -0.133. The summed E-state index contributed by atoms with van der Waals surface area (Å²) in [6.07, 6.45) is -0.366. The quantitative estimate of drug-likeness (QED) is 0.840. The molecule has 1 aliphatic rings. The third-order valence-electron chi connectivity index (χ3n) is 3.84. The molecular weight excluding hydrogens is 357 g/mol. The number of rotatable bonds is 4. The standard InChI is InChI=1S/C16H15ClFNO6/c1-25-13-7-12(11(18)6-10(13)17)19(16(23)24)14(20)8-4-2-3-5-9(8)15(21)22/h6-7H,2-5H2,1H3,(H,21,22)(H,23,24). The van der Waals surface area contributed by atoms with Crippen molar-refractivity contribution in [3.63, 3.8) is 0 Å². The van der Waals surface area contributed by atoms with Crippen LogP contribution in [0.5, 0.6) is 5.75 Å². The fraction of sp³-hybridized carbons (Fsp3) is 0.312. The Balaban J connectivity index is 2.57. The number of imide groups is 1. The van der Waals surface area contributed by atoms with Gasteiger partial charge in [0, 0.05) is 17.2 Å². The van der Waals surface area contributed by atoms with Gasteiger partial charge in [-0.1, -0.05) is 11.6 Å². The highest BCUT2D eigenvalue weighted by atomic mass is 35.5. The fourth-order valence-corrected chi connectivity index (χ4v) is 2.89. The Labute approximate surface area is 147 Å². The highest BCUT2D eigenvalue weighted by Crippen LogP contribution is 2.34. The van der Waals surface area contributed by atoms with Crippen LogP contribution >= 0.6 is 11.6 Å². The first-order valence-electron chi connectivity index (χ1n) is 7.33. The number of carbonyl (C=O) groups is 3. The third-order valence-corrected chi connectivity index (χ3v) is 4.14. The van der Waals surface area contributed by atoms with Crippen molar-refractivity contribution < 1.29 is 33.7 Å². The van der Waals surface area contributed by atoms with Gasteiger partial charge in [-0.25, -0.2) is 18.9 Å². The molecule has 0 spiro atoms. The molecule has 7 nitrogen and oxygen atoms in total. The van der Waals surface area contributed by atoms with Crippen LogP contribution in [0, 0.1) is 5.82 Å². The van der Waals surface area contributed by atoms with E-state index in [0.717, 1.165) is 12.1 Å². The molecule has 134 valence electrons. The molecule has 0 saturated carbocycles. The second kappa shape index (κ2) is 7.52. The summed E-state index contributed by atoms with van der Waals surface area (Å²) in [6.45, 7) is 0. The monoisotopic (exact) mass is 371 g/mol. The average Bonchev–Trinajstić information content (AvgIpc) is 2.56. The van der Waals surface area contributed by atoms with E-state index in [1.165, 1.54) is 7.11 Å². The van der Waals surface area contributed by atoms with Crippen LogP contribution in [0.2, 0.25) is 5.02 Å². The van der Waals surface area contributed by atoms with Crippen molar-refractivity contribution in [2.75, 3.05) is 12.0 Å². The molecule has 0 bridgehead atoms. The topological polar surface area (TPSA) is 104 Å². The Morgan fingerprint density at radius 1 is 1.16 bits per heavy atom. The molecule has 0 heterocycles. The summed E-state index contributed by atoms with van der Waals surface area (Å²) in [6, 6.07) is 1.81. The van der Waals surface area contributed by atoms with Gasteiger partial charge in [-0.3, -0.25) is 4.79 Å². The number of anilines is 1. The summed E-state index contributed by atoms with van der Waals surface area (Å²) in [5, 5.41) is 18.5. The van der Waals surface area contributed by atoms with Gasteiger partial charge >= 0.3 is 12.1 Å². The lowest BCUT2D eigenvalue weighted by Crippen LogP contribution is -2.38. The van der Waals surface area contributed by atoms with Crippen LogP contribution in [-0.4, -0.2) is 35.3 Å². The van der Waals surface area contributed by atoms with Crippen LogP contribution in [0.3, 0.4) is 0 Å². The van der Waals surface area contributed by atoms with Crippen LogP contribution in [0.25, 0.3) is 0 Å². The number of hydrogen-bond donors (Lipinski definition) is 2. The summed E-state index contributed by atoms with van der Waals surface area (Å²) in [7, 11) is 1.25. The van der Waals surface area contributed by atoms with E-state index >= 15 is 0 Å². The minimum atomic E-state index is -1.74. The van der Waals surface area contributed by atoms with Crippen molar-refractivity contribution in [2.45, 2.75) is 25.7 Å². The number of carboxylic acid groups (broad SMARTS) is 2. The van der Waals surface area contributed by atoms with E-state index < -0.39 is 29.5 Å². The van der Waals surface area contributed by atoms with E-state index in [0.29, 0.717) is 12.8 Å². The molecule has 9 heteroatoms.